The standard InChI is InChI=1S/C26H29N5O2S/c1-3-21-10-12-22(13-11-21)31-25(28-23-8-6-14-27-26(23)31)19-29-15-17-30(18-16-29)34(32,33)24-9-5-4-7-20(24)2/h4-14H,3,15-19H2,1-2H3. The van der Waals surface area contributed by atoms with E-state index in [0.29, 0.717) is 37.6 Å². The van der Waals surface area contributed by atoms with Crippen molar-refractivity contribution in [1.82, 2.24) is 23.7 Å². The zero-order chi connectivity index (χ0) is 23.7. The van der Waals surface area contributed by atoms with Crippen molar-refractivity contribution in [2.45, 2.75) is 31.7 Å². The molecule has 2 aromatic carbocycles. The molecular weight excluding hydrogens is 446 g/mol. The van der Waals surface area contributed by atoms with Gasteiger partial charge >= 0.3 is 0 Å². The van der Waals surface area contributed by atoms with Crippen LogP contribution in [-0.4, -0.2) is 58.3 Å². The predicted molar refractivity (Wildman–Crippen MR) is 133 cm³/mol. The molecule has 7 nitrogen and oxygen atoms in total. The van der Waals surface area contributed by atoms with Crippen LogP contribution in [0.5, 0.6) is 0 Å². The molecule has 1 saturated heterocycles. The number of piperazine rings is 1. The Kier molecular flexibility index (Phi) is 6.20. The lowest BCUT2D eigenvalue weighted by atomic mass is 10.1. The monoisotopic (exact) mass is 475 g/mol. The van der Waals surface area contributed by atoms with Gasteiger partial charge in [-0.1, -0.05) is 37.3 Å². The Labute approximate surface area is 200 Å². The van der Waals surface area contributed by atoms with Crippen LogP contribution in [0.15, 0.2) is 71.8 Å². The molecule has 4 aromatic rings. The van der Waals surface area contributed by atoms with E-state index in [4.69, 9.17) is 4.98 Å². The molecule has 176 valence electrons. The molecular formula is C26H29N5O2S. The normalized spacial score (nSPS) is 15.7. The first-order valence-corrected chi connectivity index (χ1v) is 13.1. The molecule has 1 aliphatic rings. The molecule has 0 unspecified atom stereocenters. The summed E-state index contributed by atoms with van der Waals surface area (Å²) in [6.45, 7) is 6.83. The second-order valence-electron chi connectivity index (χ2n) is 8.68. The minimum atomic E-state index is -3.49. The number of imidazole rings is 1. The summed E-state index contributed by atoms with van der Waals surface area (Å²) >= 11 is 0. The zero-order valence-electron chi connectivity index (χ0n) is 19.6. The number of aromatic nitrogens is 3. The van der Waals surface area contributed by atoms with Crippen LogP contribution in [0.3, 0.4) is 0 Å². The summed E-state index contributed by atoms with van der Waals surface area (Å²) in [5, 5.41) is 0. The Morgan fingerprint density at radius 1 is 0.912 bits per heavy atom. The Morgan fingerprint density at radius 3 is 2.35 bits per heavy atom. The largest absolute Gasteiger partial charge is 0.293 e. The maximum atomic E-state index is 13.2. The van der Waals surface area contributed by atoms with Crippen molar-refractivity contribution in [3.05, 3.63) is 83.8 Å². The van der Waals surface area contributed by atoms with E-state index in [0.717, 1.165) is 34.7 Å². The van der Waals surface area contributed by atoms with Crippen molar-refractivity contribution in [1.29, 1.82) is 0 Å². The van der Waals surface area contributed by atoms with Crippen molar-refractivity contribution in [3.8, 4) is 5.69 Å². The fourth-order valence-electron chi connectivity index (χ4n) is 4.53. The van der Waals surface area contributed by atoms with Gasteiger partial charge in [-0.15, -0.1) is 0 Å². The second kappa shape index (κ2) is 9.29. The van der Waals surface area contributed by atoms with Crippen LogP contribution in [0.25, 0.3) is 16.9 Å². The summed E-state index contributed by atoms with van der Waals surface area (Å²) in [7, 11) is -3.49. The Morgan fingerprint density at radius 2 is 1.65 bits per heavy atom. The van der Waals surface area contributed by atoms with Gasteiger partial charge in [0.05, 0.1) is 11.4 Å². The third kappa shape index (κ3) is 4.24. The van der Waals surface area contributed by atoms with Crippen molar-refractivity contribution in [3.63, 3.8) is 0 Å². The molecule has 0 saturated carbocycles. The van der Waals surface area contributed by atoms with Gasteiger partial charge in [0.1, 0.15) is 11.3 Å². The van der Waals surface area contributed by atoms with E-state index in [9.17, 15) is 8.42 Å². The molecule has 0 bridgehead atoms. The van der Waals surface area contributed by atoms with E-state index >= 15 is 0 Å². The lowest BCUT2D eigenvalue weighted by molar-refractivity contribution is 0.177. The highest BCUT2D eigenvalue weighted by Crippen LogP contribution is 2.24. The van der Waals surface area contributed by atoms with Gasteiger partial charge in [0, 0.05) is 38.1 Å². The number of hydrogen-bond acceptors (Lipinski definition) is 5. The molecule has 3 heterocycles. The van der Waals surface area contributed by atoms with E-state index < -0.39 is 10.0 Å². The van der Waals surface area contributed by atoms with Gasteiger partial charge in [-0.2, -0.15) is 4.31 Å². The third-order valence-corrected chi connectivity index (χ3v) is 8.55. The molecule has 0 amide bonds. The van der Waals surface area contributed by atoms with Crippen molar-refractivity contribution < 1.29 is 8.42 Å². The number of nitrogens with zero attached hydrogens (tertiary/aromatic N) is 5. The van der Waals surface area contributed by atoms with E-state index in [1.165, 1.54) is 5.56 Å². The van der Waals surface area contributed by atoms with Crippen LogP contribution in [0, 0.1) is 6.92 Å². The number of pyridine rings is 1. The number of hydrogen-bond donors (Lipinski definition) is 0. The van der Waals surface area contributed by atoms with Gasteiger partial charge in [-0.3, -0.25) is 9.47 Å². The van der Waals surface area contributed by atoms with Crippen LogP contribution in [0.4, 0.5) is 0 Å². The molecule has 0 aliphatic carbocycles. The fourth-order valence-corrected chi connectivity index (χ4v) is 6.18. The summed E-state index contributed by atoms with van der Waals surface area (Å²) in [5.41, 5.74) is 4.79. The highest BCUT2D eigenvalue weighted by Gasteiger charge is 2.30. The lowest BCUT2D eigenvalue weighted by Crippen LogP contribution is -2.48. The Bertz CT molecular complexity index is 1400. The van der Waals surface area contributed by atoms with Gasteiger partial charge in [0.2, 0.25) is 10.0 Å². The van der Waals surface area contributed by atoms with Crippen LogP contribution in [-0.2, 0) is 23.0 Å². The van der Waals surface area contributed by atoms with Crippen molar-refractivity contribution >= 4 is 21.2 Å². The van der Waals surface area contributed by atoms with E-state index in [2.05, 4.69) is 45.6 Å². The van der Waals surface area contributed by atoms with Crippen LogP contribution < -0.4 is 0 Å². The minimum absolute atomic E-state index is 0.395. The molecule has 0 atom stereocenters. The number of benzene rings is 2. The van der Waals surface area contributed by atoms with E-state index in [-0.39, 0.29) is 0 Å². The summed E-state index contributed by atoms with van der Waals surface area (Å²) in [6, 6.07) is 19.6. The molecule has 0 radical (unpaired) electrons. The molecule has 8 heteroatoms. The summed E-state index contributed by atoms with van der Waals surface area (Å²) in [5.74, 6) is 0.910. The Hall–Kier alpha value is -3.07. The first-order valence-electron chi connectivity index (χ1n) is 11.7. The highest BCUT2D eigenvalue weighted by molar-refractivity contribution is 7.89. The number of rotatable bonds is 6. The topological polar surface area (TPSA) is 71.3 Å². The van der Waals surface area contributed by atoms with Gasteiger partial charge in [0.15, 0.2) is 5.65 Å². The number of fused-ring (bicyclic) bond motifs is 1. The predicted octanol–water partition coefficient (Wildman–Crippen LogP) is 3.80. The number of aryl methyl sites for hydroxylation is 2. The third-order valence-electron chi connectivity index (χ3n) is 6.50. The number of sulfonamides is 1. The quantitative estimate of drug-likeness (QED) is 0.424. The summed E-state index contributed by atoms with van der Waals surface area (Å²) in [6.07, 6.45) is 2.78. The second-order valence-corrected chi connectivity index (χ2v) is 10.6. The lowest BCUT2D eigenvalue weighted by Gasteiger charge is -2.34. The van der Waals surface area contributed by atoms with Gasteiger partial charge in [0.25, 0.3) is 0 Å². The molecule has 34 heavy (non-hydrogen) atoms. The molecule has 0 spiro atoms. The summed E-state index contributed by atoms with van der Waals surface area (Å²) < 4.78 is 30.0. The molecule has 0 N–H and O–H groups in total. The van der Waals surface area contributed by atoms with E-state index in [1.807, 2.05) is 31.2 Å². The first-order chi connectivity index (χ1) is 16.5. The SMILES string of the molecule is CCc1ccc(-n2c(CN3CCN(S(=O)(=O)c4ccccc4C)CC3)nc3cccnc32)cc1. The van der Waals surface area contributed by atoms with Crippen LogP contribution >= 0.6 is 0 Å². The smallest absolute Gasteiger partial charge is 0.243 e. The zero-order valence-corrected chi connectivity index (χ0v) is 20.4. The van der Waals surface area contributed by atoms with Gasteiger partial charge in [-0.25, -0.2) is 18.4 Å². The first kappa shape index (κ1) is 22.7. The van der Waals surface area contributed by atoms with Crippen LogP contribution in [0.1, 0.15) is 23.9 Å². The minimum Gasteiger partial charge on any atom is -0.293 e. The maximum absolute atomic E-state index is 13.2. The molecule has 2 aromatic heterocycles. The average Bonchev–Trinajstić information content (AvgIpc) is 3.22. The summed E-state index contributed by atoms with van der Waals surface area (Å²) in [4.78, 5) is 12.1. The van der Waals surface area contributed by atoms with Crippen molar-refractivity contribution in [2.75, 3.05) is 26.2 Å². The highest BCUT2D eigenvalue weighted by atomic mass is 32.2. The van der Waals surface area contributed by atoms with Crippen LogP contribution in [0.2, 0.25) is 0 Å². The van der Waals surface area contributed by atoms with Gasteiger partial charge < -0.3 is 0 Å². The fraction of sp³-hybridized carbons (Fsp3) is 0.308. The maximum Gasteiger partial charge on any atom is 0.243 e. The van der Waals surface area contributed by atoms with Crippen molar-refractivity contribution in [2.24, 2.45) is 0 Å². The molecule has 5 rings (SSSR count). The molecule has 1 fully saturated rings. The Balaban J connectivity index is 1.37. The molecule has 1 aliphatic heterocycles. The van der Waals surface area contributed by atoms with Gasteiger partial charge in [-0.05, 0) is 54.8 Å². The average molecular weight is 476 g/mol. The van der Waals surface area contributed by atoms with E-state index in [1.54, 1.807) is 22.6 Å².